The first-order valence-corrected chi connectivity index (χ1v) is 5.04. The predicted molar refractivity (Wildman–Crippen MR) is 63.8 cm³/mol. The summed E-state index contributed by atoms with van der Waals surface area (Å²) in [5.41, 5.74) is 2.20. The van der Waals surface area contributed by atoms with Crippen LogP contribution in [0.15, 0.2) is 42.5 Å². The fraction of sp³-hybridized carbons (Fsp3) is 0.143. The van der Waals surface area contributed by atoms with Crippen LogP contribution in [0.5, 0.6) is 11.5 Å². The molecule has 81 valence electrons. The van der Waals surface area contributed by atoms with Crippen molar-refractivity contribution in [1.29, 1.82) is 0 Å². The Bertz CT molecular complexity index is 441. The Morgan fingerprint density at radius 2 is 1.38 bits per heavy atom. The van der Waals surface area contributed by atoms with E-state index in [1.54, 1.807) is 14.2 Å². The van der Waals surface area contributed by atoms with Crippen molar-refractivity contribution in [3.63, 3.8) is 0 Å². The Kier molecular flexibility index (Phi) is 3.10. The van der Waals surface area contributed by atoms with E-state index in [-0.39, 0.29) is 0 Å². The molecule has 2 aromatic carbocycles. The topological polar surface area (TPSA) is 18.5 Å². The highest BCUT2D eigenvalue weighted by Gasteiger charge is 2.03. The Morgan fingerprint density at radius 3 is 1.88 bits per heavy atom. The number of rotatable bonds is 3. The monoisotopic (exact) mass is 213 g/mol. The van der Waals surface area contributed by atoms with Crippen LogP contribution in [0.2, 0.25) is 0 Å². The molecule has 0 aliphatic carbocycles. The third kappa shape index (κ3) is 2.16. The second-order valence-corrected chi connectivity index (χ2v) is 3.37. The standard InChI is InChI=1S/C14H13O2/c1-15-13-8-12(9-14(10-13)16-2)11-6-4-3-5-7-11/h3-9H,1-2H3. The number of benzene rings is 2. The SMILES string of the molecule is COc1[c]c(OC)cc(-c2ccccc2)c1. The average Bonchev–Trinajstić information content (AvgIpc) is 2.39. The lowest BCUT2D eigenvalue weighted by Gasteiger charge is -2.07. The molecule has 0 amide bonds. The maximum atomic E-state index is 5.18. The van der Waals surface area contributed by atoms with Gasteiger partial charge in [0.2, 0.25) is 0 Å². The first-order chi connectivity index (χ1) is 7.83. The third-order valence-electron chi connectivity index (χ3n) is 2.37. The number of hydrogen-bond acceptors (Lipinski definition) is 2. The minimum Gasteiger partial charge on any atom is -0.496 e. The Hall–Kier alpha value is -1.96. The van der Waals surface area contributed by atoms with Crippen LogP contribution in [0.25, 0.3) is 11.1 Å². The number of methoxy groups -OCH3 is 2. The second kappa shape index (κ2) is 4.71. The normalized spacial score (nSPS) is 9.88. The lowest BCUT2D eigenvalue weighted by Crippen LogP contribution is -1.89. The van der Waals surface area contributed by atoms with Gasteiger partial charge >= 0.3 is 0 Å². The molecule has 0 aromatic heterocycles. The lowest BCUT2D eigenvalue weighted by atomic mass is 10.1. The summed E-state index contributed by atoms with van der Waals surface area (Å²) in [7, 11) is 3.25. The fourth-order valence-electron chi connectivity index (χ4n) is 1.53. The van der Waals surface area contributed by atoms with Gasteiger partial charge in [0, 0.05) is 0 Å². The molecule has 0 fully saturated rings. The van der Waals surface area contributed by atoms with E-state index in [1.807, 2.05) is 42.5 Å². The van der Waals surface area contributed by atoms with Crippen molar-refractivity contribution < 1.29 is 9.47 Å². The summed E-state index contributed by atoms with van der Waals surface area (Å²) in [5.74, 6) is 1.36. The Morgan fingerprint density at radius 1 is 0.812 bits per heavy atom. The van der Waals surface area contributed by atoms with Crippen LogP contribution in [-0.2, 0) is 0 Å². The van der Waals surface area contributed by atoms with Crippen LogP contribution < -0.4 is 9.47 Å². The van der Waals surface area contributed by atoms with Crippen LogP contribution in [-0.4, -0.2) is 14.2 Å². The van der Waals surface area contributed by atoms with Gasteiger partial charge in [-0.3, -0.25) is 0 Å². The van der Waals surface area contributed by atoms with Crippen molar-refractivity contribution in [1.82, 2.24) is 0 Å². The second-order valence-electron chi connectivity index (χ2n) is 3.37. The molecular formula is C14H13O2. The molecule has 0 bridgehead atoms. The molecule has 0 aliphatic heterocycles. The predicted octanol–water partition coefficient (Wildman–Crippen LogP) is 3.17. The highest BCUT2D eigenvalue weighted by atomic mass is 16.5. The molecule has 2 rings (SSSR count). The van der Waals surface area contributed by atoms with Crippen LogP contribution in [0.1, 0.15) is 0 Å². The molecule has 0 unspecified atom stereocenters. The summed E-state index contributed by atoms with van der Waals surface area (Å²) >= 11 is 0. The first-order valence-electron chi connectivity index (χ1n) is 5.04. The van der Waals surface area contributed by atoms with E-state index >= 15 is 0 Å². The molecule has 0 aliphatic rings. The van der Waals surface area contributed by atoms with Crippen molar-refractivity contribution in [2.45, 2.75) is 0 Å². The highest BCUT2D eigenvalue weighted by molar-refractivity contribution is 5.66. The zero-order chi connectivity index (χ0) is 11.4. The molecule has 0 N–H and O–H groups in total. The smallest absolute Gasteiger partial charge is 0.131 e. The summed E-state index contributed by atoms with van der Waals surface area (Å²) in [4.78, 5) is 0. The van der Waals surface area contributed by atoms with Gasteiger partial charge in [0.1, 0.15) is 11.5 Å². The van der Waals surface area contributed by atoms with Gasteiger partial charge in [-0.2, -0.15) is 0 Å². The molecule has 0 atom stereocenters. The van der Waals surface area contributed by atoms with E-state index in [0.717, 1.165) is 11.1 Å². The van der Waals surface area contributed by atoms with E-state index < -0.39 is 0 Å². The van der Waals surface area contributed by atoms with E-state index in [0.29, 0.717) is 11.5 Å². The lowest BCUT2D eigenvalue weighted by molar-refractivity contribution is 0.393. The van der Waals surface area contributed by atoms with Gasteiger partial charge in [0.15, 0.2) is 0 Å². The largest absolute Gasteiger partial charge is 0.496 e. The summed E-state index contributed by atoms with van der Waals surface area (Å²) < 4.78 is 10.4. The molecule has 0 heterocycles. The molecule has 0 saturated carbocycles. The highest BCUT2D eigenvalue weighted by Crippen LogP contribution is 2.28. The summed E-state index contributed by atoms with van der Waals surface area (Å²) in [6.07, 6.45) is 0. The van der Waals surface area contributed by atoms with E-state index in [2.05, 4.69) is 6.07 Å². The van der Waals surface area contributed by atoms with Crippen molar-refractivity contribution in [2.24, 2.45) is 0 Å². The van der Waals surface area contributed by atoms with Crippen LogP contribution >= 0.6 is 0 Å². The Balaban J connectivity index is 2.48. The third-order valence-corrected chi connectivity index (χ3v) is 2.37. The van der Waals surface area contributed by atoms with Gasteiger partial charge in [-0.15, -0.1) is 0 Å². The van der Waals surface area contributed by atoms with Gasteiger partial charge in [-0.05, 0) is 23.3 Å². The van der Waals surface area contributed by atoms with Crippen LogP contribution in [0.3, 0.4) is 0 Å². The van der Waals surface area contributed by atoms with E-state index in [4.69, 9.17) is 9.47 Å². The molecule has 1 radical (unpaired) electrons. The molecule has 0 spiro atoms. The van der Waals surface area contributed by atoms with Gasteiger partial charge in [-0.25, -0.2) is 0 Å². The van der Waals surface area contributed by atoms with Crippen molar-refractivity contribution in [2.75, 3.05) is 14.2 Å². The maximum absolute atomic E-state index is 5.18. The Labute approximate surface area is 95.4 Å². The van der Waals surface area contributed by atoms with Gasteiger partial charge in [0.05, 0.1) is 20.3 Å². The van der Waals surface area contributed by atoms with Crippen molar-refractivity contribution in [3.8, 4) is 22.6 Å². The quantitative estimate of drug-likeness (QED) is 0.779. The summed E-state index contributed by atoms with van der Waals surface area (Å²) in [6, 6.07) is 17.0. The maximum Gasteiger partial charge on any atom is 0.131 e. The first kappa shape index (κ1) is 10.6. The summed E-state index contributed by atoms with van der Waals surface area (Å²) in [6.45, 7) is 0. The molecular weight excluding hydrogens is 200 g/mol. The molecule has 2 nitrogen and oxygen atoms in total. The minimum absolute atomic E-state index is 0.679. The number of ether oxygens (including phenoxy) is 2. The van der Waals surface area contributed by atoms with E-state index in [9.17, 15) is 0 Å². The molecule has 2 heteroatoms. The van der Waals surface area contributed by atoms with Crippen LogP contribution in [0, 0.1) is 6.07 Å². The fourth-order valence-corrected chi connectivity index (χ4v) is 1.53. The zero-order valence-corrected chi connectivity index (χ0v) is 9.36. The average molecular weight is 213 g/mol. The molecule has 2 aromatic rings. The van der Waals surface area contributed by atoms with E-state index in [1.165, 1.54) is 0 Å². The summed E-state index contributed by atoms with van der Waals surface area (Å²) in [5, 5.41) is 0. The van der Waals surface area contributed by atoms with Crippen LogP contribution in [0.4, 0.5) is 0 Å². The number of hydrogen-bond donors (Lipinski definition) is 0. The minimum atomic E-state index is 0.679. The zero-order valence-electron chi connectivity index (χ0n) is 9.36. The van der Waals surface area contributed by atoms with Gasteiger partial charge in [0.25, 0.3) is 0 Å². The van der Waals surface area contributed by atoms with Gasteiger partial charge in [-0.1, -0.05) is 30.3 Å². The van der Waals surface area contributed by atoms with Crippen molar-refractivity contribution >= 4 is 0 Å². The molecule has 16 heavy (non-hydrogen) atoms. The molecule has 0 saturated heterocycles. The van der Waals surface area contributed by atoms with Gasteiger partial charge < -0.3 is 9.47 Å². The van der Waals surface area contributed by atoms with Crippen molar-refractivity contribution in [3.05, 3.63) is 48.5 Å².